The number of hydrogen-bond donors (Lipinski definition) is 1. The molecule has 0 aliphatic heterocycles. The highest BCUT2D eigenvalue weighted by Crippen LogP contribution is 2.42. The van der Waals surface area contributed by atoms with Crippen molar-refractivity contribution in [3.63, 3.8) is 0 Å². The Hall–Kier alpha value is -2.31. The summed E-state index contributed by atoms with van der Waals surface area (Å²) in [5, 5.41) is 11.8. The summed E-state index contributed by atoms with van der Waals surface area (Å²) in [4.78, 5) is 0. The van der Waals surface area contributed by atoms with Gasteiger partial charge in [0.15, 0.2) is 7.14 Å². The number of rotatable bonds is 3. The molecule has 0 saturated carbocycles. The second kappa shape index (κ2) is 7.80. The zero-order chi connectivity index (χ0) is 16.7. The Morgan fingerprint density at radius 2 is 0.957 bits per heavy atom. The van der Waals surface area contributed by atoms with E-state index in [0.29, 0.717) is 0 Å². The molecule has 3 heteroatoms. The van der Waals surface area contributed by atoms with Gasteiger partial charge in [0.05, 0.1) is 0 Å². The molecule has 0 aromatic heterocycles. The Kier molecular flexibility index (Phi) is 5.78. The Morgan fingerprint density at radius 1 is 0.609 bits per heavy atom. The van der Waals surface area contributed by atoms with Gasteiger partial charge in [-0.25, -0.2) is 0 Å². The van der Waals surface area contributed by atoms with E-state index in [0.717, 1.165) is 15.9 Å². The van der Waals surface area contributed by atoms with Gasteiger partial charge in [0.25, 0.3) is 0 Å². The Morgan fingerprint density at radius 3 is 1.35 bits per heavy atom. The van der Waals surface area contributed by atoms with Gasteiger partial charge in [-0.15, -0.1) is 0 Å². The van der Waals surface area contributed by atoms with Gasteiger partial charge in [-0.3, -0.25) is 0 Å². The minimum absolute atomic E-state index is 0.173. The SMILES string of the molecule is CC.O=P(c1ccccc1)(c1ccccc1)c1ccc(O)cc1. The van der Waals surface area contributed by atoms with Gasteiger partial charge < -0.3 is 9.67 Å². The first-order valence-corrected chi connectivity index (χ1v) is 9.43. The number of phenols is 1. The lowest BCUT2D eigenvalue weighted by Crippen LogP contribution is -2.24. The zero-order valence-electron chi connectivity index (χ0n) is 13.4. The molecule has 0 bridgehead atoms. The highest BCUT2D eigenvalue weighted by Gasteiger charge is 2.29. The highest BCUT2D eigenvalue weighted by molar-refractivity contribution is 7.85. The van der Waals surface area contributed by atoms with Crippen LogP contribution in [-0.4, -0.2) is 5.11 Å². The van der Waals surface area contributed by atoms with Crippen molar-refractivity contribution in [3.05, 3.63) is 84.9 Å². The predicted molar refractivity (Wildman–Crippen MR) is 98.8 cm³/mol. The molecule has 3 aromatic carbocycles. The minimum Gasteiger partial charge on any atom is -0.508 e. The van der Waals surface area contributed by atoms with Crippen molar-refractivity contribution in [1.29, 1.82) is 0 Å². The van der Waals surface area contributed by atoms with Crippen LogP contribution in [0, 0.1) is 0 Å². The lowest BCUT2D eigenvalue weighted by molar-refractivity contribution is 0.475. The molecule has 0 amide bonds. The minimum atomic E-state index is -2.91. The molecule has 0 fully saturated rings. The van der Waals surface area contributed by atoms with E-state index in [-0.39, 0.29) is 5.75 Å². The number of benzene rings is 3. The third kappa shape index (κ3) is 3.55. The molecular formula is C20H21O2P. The lowest BCUT2D eigenvalue weighted by atomic mass is 10.3. The summed E-state index contributed by atoms with van der Waals surface area (Å²) >= 11 is 0. The second-order valence-electron chi connectivity index (χ2n) is 4.80. The molecule has 0 spiro atoms. The first-order chi connectivity index (χ1) is 11.2. The van der Waals surface area contributed by atoms with Crippen LogP contribution in [0.1, 0.15) is 13.8 Å². The van der Waals surface area contributed by atoms with Gasteiger partial charge in [-0.1, -0.05) is 74.5 Å². The number of phenolic OH excluding ortho intramolecular Hbond substituents is 1. The van der Waals surface area contributed by atoms with Crippen molar-refractivity contribution in [2.45, 2.75) is 13.8 Å². The van der Waals surface area contributed by atoms with Crippen LogP contribution in [-0.2, 0) is 4.57 Å². The number of hydrogen-bond acceptors (Lipinski definition) is 2. The molecule has 0 saturated heterocycles. The molecule has 1 N–H and O–H groups in total. The first kappa shape index (κ1) is 17.1. The van der Waals surface area contributed by atoms with Crippen LogP contribution in [0.4, 0.5) is 0 Å². The van der Waals surface area contributed by atoms with E-state index in [9.17, 15) is 9.67 Å². The Balaban J connectivity index is 0.000000924. The molecule has 0 atom stereocenters. The molecule has 0 heterocycles. The normalized spacial score (nSPS) is 10.5. The van der Waals surface area contributed by atoms with E-state index >= 15 is 0 Å². The van der Waals surface area contributed by atoms with Crippen LogP contribution >= 0.6 is 7.14 Å². The van der Waals surface area contributed by atoms with Gasteiger partial charge >= 0.3 is 0 Å². The predicted octanol–water partition coefficient (Wildman–Crippen LogP) is 4.06. The fourth-order valence-corrected chi connectivity index (χ4v) is 5.03. The summed E-state index contributed by atoms with van der Waals surface area (Å²) in [7, 11) is -2.91. The average molecular weight is 324 g/mol. The van der Waals surface area contributed by atoms with E-state index < -0.39 is 7.14 Å². The van der Waals surface area contributed by atoms with Crippen molar-refractivity contribution in [1.82, 2.24) is 0 Å². The molecule has 23 heavy (non-hydrogen) atoms. The largest absolute Gasteiger partial charge is 0.508 e. The average Bonchev–Trinajstić information content (AvgIpc) is 2.65. The van der Waals surface area contributed by atoms with Gasteiger partial charge in [0.1, 0.15) is 5.75 Å². The van der Waals surface area contributed by atoms with Gasteiger partial charge in [-0.2, -0.15) is 0 Å². The quantitative estimate of drug-likeness (QED) is 0.738. The smallest absolute Gasteiger partial charge is 0.171 e. The van der Waals surface area contributed by atoms with Crippen LogP contribution in [0.25, 0.3) is 0 Å². The molecule has 118 valence electrons. The van der Waals surface area contributed by atoms with Crippen molar-refractivity contribution < 1.29 is 9.67 Å². The molecule has 3 aromatic rings. The molecule has 2 nitrogen and oxygen atoms in total. The fourth-order valence-electron chi connectivity index (χ4n) is 2.39. The van der Waals surface area contributed by atoms with Gasteiger partial charge in [0.2, 0.25) is 0 Å². The summed E-state index contributed by atoms with van der Waals surface area (Å²) in [6.07, 6.45) is 0. The molecular weight excluding hydrogens is 303 g/mol. The summed E-state index contributed by atoms with van der Waals surface area (Å²) in [6, 6.07) is 25.6. The standard InChI is InChI=1S/C18H15O2P.C2H6/c19-15-11-13-18(14-12-15)21(20,16-7-3-1-4-8-16)17-9-5-2-6-10-17;1-2/h1-14,19H;1-2H3. The van der Waals surface area contributed by atoms with Crippen LogP contribution in [0.15, 0.2) is 84.9 Å². The van der Waals surface area contributed by atoms with E-state index in [2.05, 4.69) is 0 Å². The van der Waals surface area contributed by atoms with E-state index in [1.54, 1.807) is 24.3 Å². The van der Waals surface area contributed by atoms with Crippen molar-refractivity contribution in [2.24, 2.45) is 0 Å². The maximum absolute atomic E-state index is 13.8. The Bertz CT molecular complexity index is 722. The maximum Gasteiger partial charge on any atom is 0.171 e. The van der Waals surface area contributed by atoms with Gasteiger partial charge in [0, 0.05) is 15.9 Å². The summed E-state index contributed by atoms with van der Waals surface area (Å²) in [5.74, 6) is 0.173. The fraction of sp³-hybridized carbons (Fsp3) is 0.100. The lowest BCUT2D eigenvalue weighted by Gasteiger charge is -2.19. The highest BCUT2D eigenvalue weighted by atomic mass is 31.2. The topological polar surface area (TPSA) is 37.3 Å². The summed E-state index contributed by atoms with van der Waals surface area (Å²) < 4.78 is 13.8. The molecule has 0 aliphatic rings. The zero-order valence-corrected chi connectivity index (χ0v) is 14.3. The molecule has 0 radical (unpaired) electrons. The third-order valence-corrected chi connectivity index (χ3v) is 6.53. The van der Waals surface area contributed by atoms with Crippen LogP contribution in [0.2, 0.25) is 0 Å². The summed E-state index contributed by atoms with van der Waals surface area (Å²) in [5.41, 5.74) is 0. The summed E-state index contributed by atoms with van der Waals surface area (Å²) in [6.45, 7) is 4.00. The molecule has 0 unspecified atom stereocenters. The van der Waals surface area contributed by atoms with E-state index in [4.69, 9.17) is 0 Å². The number of aromatic hydroxyl groups is 1. The van der Waals surface area contributed by atoms with E-state index in [1.807, 2.05) is 74.5 Å². The van der Waals surface area contributed by atoms with Crippen LogP contribution in [0.5, 0.6) is 5.75 Å². The van der Waals surface area contributed by atoms with Crippen molar-refractivity contribution in [2.75, 3.05) is 0 Å². The van der Waals surface area contributed by atoms with Crippen LogP contribution in [0.3, 0.4) is 0 Å². The third-order valence-electron chi connectivity index (χ3n) is 3.45. The Labute approximate surface area is 137 Å². The first-order valence-electron chi connectivity index (χ1n) is 7.72. The van der Waals surface area contributed by atoms with Gasteiger partial charge in [-0.05, 0) is 24.3 Å². The second-order valence-corrected chi connectivity index (χ2v) is 7.56. The monoisotopic (exact) mass is 324 g/mol. The molecule has 3 rings (SSSR count). The molecule has 0 aliphatic carbocycles. The van der Waals surface area contributed by atoms with Crippen LogP contribution < -0.4 is 15.9 Å². The van der Waals surface area contributed by atoms with Crippen molar-refractivity contribution in [3.8, 4) is 5.75 Å². The maximum atomic E-state index is 13.8. The van der Waals surface area contributed by atoms with Crippen molar-refractivity contribution >= 4 is 23.1 Å². The van der Waals surface area contributed by atoms with E-state index in [1.165, 1.54) is 0 Å².